The van der Waals surface area contributed by atoms with Crippen molar-refractivity contribution in [1.29, 1.82) is 0 Å². The van der Waals surface area contributed by atoms with Gasteiger partial charge in [-0.1, -0.05) is 11.6 Å². The number of aliphatic imine (C=N–C) groups is 1. The lowest BCUT2D eigenvalue weighted by Gasteiger charge is -2.08. The molecule has 0 unspecified atom stereocenters. The molecule has 0 atom stereocenters. The summed E-state index contributed by atoms with van der Waals surface area (Å²) in [5.74, 6) is 0.193. The van der Waals surface area contributed by atoms with Crippen LogP contribution >= 0.6 is 11.6 Å². The number of amides is 1. The molecule has 0 aromatic heterocycles. The Morgan fingerprint density at radius 3 is 2.94 bits per heavy atom. The number of nitrogens with zero attached hydrogens (tertiary/aromatic N) is 1. The minimum atomic E-state index is -0.496. The van der Waals surface area contributed by atoms with Gasteiger partial charge in [-0.3, -0.25) is 9.79 Å². The zero-order valence-electron chi connectivity index (χ0n) is 8.46. The number of halogens is 1. The summed E-state index contributed by atoms with van der Waals surface area (Å²) >= 11 is 6.00. The third kappa shape index (κ3) is 2.25. The van der Waals surface area contributed by atoms with Gasteiger partial charge in [0.05, 0.1) is 17.3 Å². The molecule has 1 aliphatic rings. The SMILES string of the molecule is NC(=O)c1ccc(NC2=NCCN2)c(Cl)c1. The van der Waals surface area contributed by atoms with Crippen molar-refractivity contribution in [3.05, 3.63) is 28.8 Å². The quantitative estimate of drug-likeness (QED) is 0.713. The first-order valence-corrected chi connectivity index (χ1v) is 5.19. The fraction of sp³-hybridized carbons (Fsp3) is 0.200. The molecule has 5 nitrogen and oxygen atoms in total. The first-order chi connectivity index (χ1) is 7.66. The van der Waals surface area contributed by atoms with Crippen molar-refractivity contribution in [2.75, 3.05) is 18.4 Å². The van der Waals surface area contributed by atoms with E-state index in [9.17, 15) is 4.79 Å². The highest BCUT2D eigenvalue weighted by molar-refractivity contribution is 6.34. The van der Waals surface area contributed by atoms with Gasteiger partial charge in [-0.25, -0.2) is 0 Å². The number of guanidine groups is 1. The Kier molecular flexibility index (Phi) is 2.96. The van der Waals surface area contributed by atoms with Crippen molar-refractivity contribution < 1.29 is 4.79 Å². The monoisotopic (exact) mass is 238 g/mol. The maximum Gasteiger partial charge on any atom is 0.248 e. The zero-order valence-corrected chi connectivity index (χ0v) is 9.21. The number of rotatable bonds is 2. The van der Waals surface area contributed by atoms with Crippen LogP contribution in [0.2, 0.25) is 5.02 Å². The van der Waals surface area contributed by atoms with E-state index in [2.05, 4.69) is 15.6 Å². The third-order valence-corrected chi connectivity index (χ3v) is 2.49. The van der Waals surface area contributed by atoms with Gasteiger partial charge in [0.1, 0.15) is 0 Å². The van der Waals surface area contributed by atoms with Crippen molar-refractivity contribution in [2.45, 2.75) is 0 Å². The predicted octanol–water partition coefficient (Wildman–Crippen LogP) is 0.810. The second-order valence-corrected chi connectivity index (χ2v) is 3.75. The fourth-order valence-electron chi connectivity index (χ4n) is 1.38. The third-order valence-electron chi connectivity index (χ3n) is 2.18. The van der Waals surface area contributed by atoms with Gasteiger partial charge in [0.2, 0.25) is 5.91 Å². The van der Waals surface area contributed by atoms with Gasteiger partial charge in [0.25, 0.3) is 0 Å². The smallest absolute Gasteiger partial charge is 0.248 e. The van der Waals surface area contributed by atoms with E-state index in [0.29, 0.717) is 22.2 Å². The molecule has 4 N–H and O–H groups in total. The van der Waals surface area contributed by atoms with Gasteiger partial charge in [-0.05, 0) is 18.2 Å². The van der Waals surface area contributed by atoms with Gasteiger partial charge < -0.3 is 16.4 Å². The number of nitrogens with one attached hydrogen (secondary N) is 2. The number of primary amides is 1. The lowest BCUT2D eigenvalue weighted by Crippen LogP contribution is -2.26. The highest BCUT2D eigenvalue weighted by atomic mass is 35.5. The summed E-state index contributed by atoms with van der Waals surface area (Å²) in [7, 11) is 0. The number of hydrogen-bond donors (Lipinski definition) is 3. The summed E-state index contributed by atoms with van der Waals surface area (Å²) in [5.41, 5.74) is 6.22. The largest absolute Gasteiger partial charge is 0.366 e. The zero-order chi connectivity index (χ0) is 11.5. The fourth-order valence-corrected chi connectivity index (χ4v) is 1.61. The van der Waals surface area contributed by atoms with Crippen LogP contribution in [0.1, 0.15) is 10.4 Å². The molecule has 0 saturated heterocycles. The lowest BCUT2D eigenvalue weighted by molar-refractivity contribution is 0.100. The van der Waals surface area contributed by atoms with E-state index < -0.39 is 5.91 Å². The predicted molar refractivity (Wildman–Crippen MR) is 63.9 cm³/mol. The number of carbonyl (C=O) groups excluding carboxylic acids is 1. The number of carbonyl (C=O) groups is 1. The Hall–Kier alpha value is -1.75. The van der Waals surface area contributed by atoms with Crippen molar-refractivity contribution in [3.8, 4) is 0 Å². The van der Waals surface area contributed by atoms with Crippen LogP contribution in [-0.4, -0.2) is 25.0 Å². The van der Waals surface area contributed by atoms with Crippen LogP contribution in [0.5, 0.6) is 0 Å². The number of anilines is 1. The van der Waals surface area contributed by atoms with Crippen LogP contribution < -0.4 is 16.4 Å². The maximum atomic E-state index is 10.9. The molecule has 1 aromatic carbocycles. The molecule has 6 heteroatoms. The minimum absolute atomic E-state index is 0.386. The van der Waals surface area contributed by atoms with Crippen molar-refractivity contribution in [1.82, 2.24) is 5.32 Å². The van der Waals surface area contributed by atoms with Crippen LogP contribution in [0.4, 0.5) is 5.69 Å². The molecule has 1 heterocycles. The van der Waals surface area contributed by atoms with E-state index in [4.69, 9.17) is 17.3 Å². The summed E-state index contributed by atoms with van der Waals surface area (Å²) < 4.78 is 0. The second kappa shape index (κ2) is 4.40. The van der Waals surface area contributed by atoms with Crippen LogP contribution in [-0.2, 0) is 0 Å². The molecule has 1 aliphatic heterocycles. The normalized spacial score (nSPS) is 14.2. The molecule has 1 aromatic rings. The van der Waals surface area contributed by atoms with E-state index in [1.807, 2.05) is 0 Å². The summed E-state index contributed by atoms with van der Waals surface area (Å²) in [5, 5.41) is 6.53. The van der Waals surface area contributed by atoms with E-state index in [1.165, 1.54) is 6.07 Å². The Balaban J connectivity index is 2.19. The highest BCUT2D eigenvalue weighted by Gasteiger charge is 2.09. The molecular weight excluding hydrogens is 228 g/mol. The first-order valence-electron chi connectivity index (χ1n) is 4.81. The Labute approximate surface area is 97.7 Å². The number of benzene rings is 1. The standard InChI is InChI=1S/C10H11ClN4O/c11-7-5-6(9(12)16)1-2-8(7)15-10-13-3-4-14-10/h1-2,5H,3-4H2,(H2,12,16)(H2,13,14,15). The van der Waals surface area contributed by atoms with Crippen LogP contribution in [0, 0.1) is 0 Å². The van der Waals surface area contributed by atoms with E-state index in [-0.39, 0.29) is 0 Å². The molecule has 0 bridgehead atoms. The maximum absolute atomic E-state index is 10.9. The lowest BCUT2D eigenvalue weighted by atomic mass is 10.2. The van der Waals surface area contributed by atoms with Gasteiger partial charge >= 0.3 is 0 Å². The molecule has 84 valence electrons. The molecule has 16 heavy (non-hydrogen) atoms. The molecule has 0 fully saturated rings. The van der Waals surface area contributed by atoms with Crippen LogP contribution in [0.3, 0.4) is 0 Å². The average molecular weight is 239 g/mol. The van der Waals surface area contributed by atoms with Gasteiger partial charge in [0, 0.05) is 12.1 Å². The minimum Gasteiger partial charge on any atom is -0.366 e. The van der Waals surface area contributed by atoms with E-state index in [0.717, 1.165) is 13.1 Å². The van der Waals surface area contributed by atoms with Crippen molar-refractivity contribution in [3.63, 3.8) is 0 Å². The van der Waals surface area contributed by atoms with E-state index >= 15 is 0 Å². The number of hydrogen-bond acceptors (Lipinski definition) is 4. The number of nitrogens with two attached hydrogens (primary N) is 1. The average Bonchev–Trinajstić information content (AvgIpc) is 2.73. The first kappa shape index (κ1) is 10.8. The summed E-state index contributed by atoms with van der Waals surface area (Å²) in [6, 6.07) is 4.85. The Morgan fingerprint density at radius 2 is 2.38 bits per heavy atom. The van der Waals surface area contributed by atoms with E-state index in [1.54, 1.807) is 12.1 Å². The summed E-state index contributed by atoms with van der Waals surface area (Å²) in [6.45, 7) is 1.57. The van der Waals surface area contributed by atoms with Crippen LogP contribution in [0.25, 0.3) is 0 Å². The molecule has 0 radical (unpaired) electrons. The van der Waals surface area contributed by atoms with Gasteiger partial charge in [-0.15, -0.1) is 0 Å². The van der Waals surface area contributed by atoms with Crippen LogP contribution in [0.15, 0.2) is 23.2 Å². The summed E-state index contributed by atoms with van der Waals surface area (Å²) in [6.07, 6.45) is 0. The molecular formula is C10H11ClN4O. The summed E-state index contributed by atoms with van der Waals surface area (Å²) in [4.78, 5) is 15.1. The highest BCUT2D eigenvalue weighted by Crippen LogP contribution is 2.22. The second-order valence-electron chi connectivity index (χ2n) is 3.34. The van der Waals surface area contributed by atoms with Gasteiger partial charge in [-0.2, -0.15) is 0 Å². The van der Waals surface area contributed by atoms with Crippen molar-refractivity contribution in [2.24, 2.45) is 10.7 Å². The van der Waals surface area contributed by atoms with Gasteiger partial charge in [0.15, 0.2) is 5.96 Å². The Morgan fingerprint density at radius 1 is 1.56 bits per heavy atom. The molecule has 0 aliphatic carbocycles. The van der Waals surface area contributed by atoms with Crippen molar-refractivity contribution >= 4 is 29.2 Å². The molecule has 0 spiro atoms. The molecule has 1 amide bonds. The molecule has 0 saturated carbocycles. The molecule has 2 rings (SSSR count). The Bertz CT molecular complexity index is 458. The topological polar surface area (TPSA) is 79.5 Å².